The molecule has 12 heavy (non-hydrogen) atoms. The molecule has 0 unspecified atom stereocenters. The van der Waals surface area contributed by atoms with Crippen LogP contribution in [0.2, 0.25) is 0 Å². The predicted octanol–water partition coefficient (Wildman–Crippen LogP) is 2.75. The Balaban J connectivity index is 2.49. The van der Waals surface area contributed by atoms with Gasteiger partial charge in [0.05, 0.1) is 6.10 Å². The molecule has 2 heteroatoms. The van der Waals surface area contributed by atoms with Gasteiger partial charge in [-0.3, -0.25) is 0 Å². The van der Waals surface area contributed by atoms with Gasteiger partial charge in [0.25, 0.3) is 0 Å². The fourth-order valence-electron chi connectivity index (χ4n) is 3.07. The Kier molecular flexibility index (Phi) is 1.69. The van der Waals surface area contributed by atoms with Gasteiger partial charge in [-0.15, -0.1) is 0 Å². The number of hydrogen-bond acceptors (Lipinski definition) is 1. The Morgan fingerprint density at radius 3 is 2.00 bits per heavy atom. The zero-order valence-electron chi connectivity index (χ0n) is 8.02. The quantitative estimate of drug-likeness (QED) is 0.534. The van der Waals surface area contributed by atoms with E-state index in [1.165, 1.54) is 12.8 Å². The summed E-state index contributed by atoms with van der Waals surface area (Å²) in [5.74, 6) is 0. The zero-order valence-corrected chi connectivity index (χ0v) is 10.2. The van der Waals surface area contributed by atoms with Crippen LogP contribution in [0, 0.1) is 10.8 Å². The van der Waals surface area contributed by atoms with Gasteiger partial charge in [0.1, 0.15) is 0 Å². The van der Waals surface area contributed by atoms with Crippen LogP contribution in [0.5, 0.6) is 0 Å². The third-order valence-corrected chi connectivity index (χ3v) is 7.17. The standard InChI is InChI=1S/C10H17IO/c1-8(2)9(3)4-5-10(8,11)6-7(9)12/h7,12H,4-6H2,1-3H3/t7-,9-,10-/m1/s1. The second kappa shape index (κ2) is 2.19. The molecule has 0 aromatic carbocycles. The van der Waals surface area contributed by atoms with Crippen LogP contribution >= 0.6 is 22.6 Å². The molecule has 1 nitrogen and oxygen atoms in total. The summed E-state index contributed by atoms with van der Waals surface area (Å²) in [6.07, 6.45) is 3.41. The van der Waals surface area contributed by atoms with Crippen molar-refractivity contribution in [1.82, 2.24) is 0 Å². The Hall–Kier alpha value is 0.690. The van der Waals surface area contributed by atoms with Gasteiger partial charge >= 0.3 is 0 Å². The topological polar surface area (TPSA) is 20.2 Å². The third kappa shape index (κ3) is 0.746. The third-order valence-electron chi connectivity index (χ3n) is 4.84. The maximum absolute atomic E-state index is 9.97. The van der Waals surface area contributed by atoms with Crippen LogP contribution in [0.4, 0.5) is 0 Å². The van der Waals surface area contributed by atoms with E-state index in [0.29, 0.717) is 8.84 Å². The molecule has 2 rings (SSSR count). The number of aliphatic hydroxyl groups is 1. The van der Waals surface area contributed by atoms with Crippen molar-refractivity contribution >= 4 is 22.6 Å². The zero-order chi connectivity index (χ0) is 9.20. The first-order chi connectivity index (χ1) is 5.33. The molecule has 2 aliphatic carbocycles. The van der Waals surface area contributed by atoms with E-state index in [1.807, 2.05) is 0 Å². The Bertz CT molecular complexity index is 223. The smallest absolute Gasteiger partial charge is 0.0612 e. The molecule has 0 heterocycles. The molecular formula is C10H17IO. The molecule has 1 N–H and O–H groups in total. The highest BCUT2D eigenvalue weighted by Crippen LogP contribution is 2.70. The lowest BCUT2D eigenvalue weighted by Crippen LogP contribution is -2.37. The van der Waals surface area contributed by atoms with E-state index in [2.05, 4.69) is 43.4 Å². The predicted molar refractivity (Wildman–Crippen MR) is 58.5 cm³/mol. The molecule has 0 radical (unpaired) electrons. The fourth-order valence-corrected chi connectivity index (χ4v) is 4.37. The molecule has 0 amide bonds. The normalized spacial score (nSPS) is 56.2. The lowest BCUT2D eigenvalue weighted by molar-refractivity contribution is 0.0129. The molecule has 2 saturated carbocycles. The fraction of sp³-hybridized carbons (Fsp3) is 1.00. The molecule has 0 aliphatic heterocycles. The highest BCUT2D eigenvalue weighted by molar-refractivity contribution is 14.1. The van der Waals surface area contributed by atoms with Crippen molar-refractivity contribution in [2.75, 3.05) is 0 Å². The van der Waals surface area contributed by atoms with E-state index in [1.54, 1.807) is 0 Å². The molecule has 2 fully saturated rings. The SMILES string of the molecule is CC1(C)[C@@]2(I)CC[C@]1(C)[C@H](O)C2. The van der Waals surface area contributed by atoms with Crippen LogP contribution in [0.1, 0.15) is 40.0 Å². The van der Waals surface area contributed by atoms with Gasteiger partial charge in [-0.25, -0.2) is 0 Å². The summed E-state index contributed by atoms with van der Waals surface area (Å²) in [5, 5.41) is 9.97. The van der Waals surface area contributed by atoms with Crippen molar-refractivity contribution in [2.45, 2.75) is 49.6 Å². The first-order valence-corrected chi connectivity index (χ1v) is 5.78. The molecule has 0 spiro atoms. The summed E-state index contributed by atoms with van der Waals surface area (Å²) in [6.45, 7) is 6.90. The van der Waals surface area contributed by atoms with Crippen LogP contribution < -0.4 is 0 Å². The first-order valence-electron chi connectivity index (χ1n) is 4.70. The van der Waals surface area contributed by atoms with Crippen molar-refractivity contribution < 1.29 is 5.11 Å². The Labute approximate surface area is 88.1 Å². The van der Waals surface area contributed by atoms with E-state index >= 15 is 0 Å². The molecule has 3 atom stereocenters. The van der Waals surface area contributed by atoms with E-state index in [4.69, 9.17) is 0 Å². The summed E-state index contributed by atoms with van der Waals surface area (Å²) in [7, 11) is 0. The number of aliphatic hydroxyl groups excluding tert-OH is 1. The number of halogens is 1. The highest BCUT2D eigenvalue weighted by atomic mass is 127. The molecule has 0 saturated heterocycles. The maximum Gasteiger partial charge on any atom is 0.0612 e. The van der Waals surface area contributed by atoms with Crippen LogP contribution in [-0.4, -0.2) is 14.6 Å². The Morgan fingerprint density at radius 1 is 1.25 bits per heavy atom. The summed E-state index contributed by atoms with van der Waals surface area (Å²) < 4.78 is 0.360. The number of fused-ring (bicyclic) bond motifs is 2. The molecule has 0 aromatic heterocycles. The van der Waals surface area contributed by atoms with Crippen LogP contribution in [0.15, 0.2) is 0 Å². The number of rotatable bonds is 0. The molecule has 2 aliphatic rings. The van der Waals surface area contributed by atoms with Gasteiger partial charge in [-0.1, -0.05) is 43.4 Å². The lowest BCUT2D eigenvalue weighted by Gasteiger charge is -2.38. The van der Waals surface area contributed by atoms with E-state index < -0.39 is 0 Å². The largest absolute Gasteiger partial charge is 0.392 e. The minimum atomic E-state index is -0.0712. The monoisotopic (exact) mass is 280 g/mol. The van der Waals surface area contributed by atoms with Gasteiger partial charge < -0.3 is 5.11 Å². The van der Waals surface area contributed by atoms with Crippen molar-refractivity contribution in [3.05, 3.63) is 0 Å². The number of alkyl halides is 1. The van der Waals surface area contributed by atoms with Crippen molar-refractivity contribution in [2.24, 2.45) is 10.8 Å². The van der Waals surface area contributed by atoms with Crippen molar-refractivity contribution in [3.63, 3.8) is 0 Å². The maximum atomic E-state index is 9.97. The van der Waals surface area contributed by atoms with Gasteiger partial charge in [-0.05, 0) is 30.1 Å². The van der Waals surface area contributed by atoms with Gasteiger partial charge in [-0.2, -0.15) is 0 Å². The summed E-state index contributed by atoms with van der Waals surface area (Å²) in [6, 6.07) is 0. The second-order valence-electron chi connectivity index (χ2n) is 5.23. The first kappa shape index (κ1) is 9.25. The van der Waals surface area contributed by atoms with E-state index in [0.717, 1.165) is 6.42 Å². The summed E-state index contributed by atoms with van der Waals surface area (Å²) >= 11 is 2.58. The van der Waals surface area contributed by atoms with Crippen LogP contribution in [0.3, 0.4) is 0 Å². The van der Waals surface area contributed by atoms with Crippen molar-refractivity contribution in [3.8, 4) is 0 Å². The minimum absolute atomic E-state index is 0.0712. The van der Waals surface area contributed by atoms with Crippen LogP contribution in [-0.2, 0) is 0 Å². The molecular weight excluding hydrogens is 263 g/mol. The minimum Gasteiger partial charge on any atom is -0.392 e. The van der Waals surface area contributed by atoms with Crippen LogP contribution in [0.25, 0.3) is 0 Å². The number of hydrogen-bond donors (Lipinski definition) is 1. The van der Waals surface area contributed by atoms with Gasteiger partial charge in [0.2, 0.25) is 0 Å². The second-order valence-corrected chi connectivity index (χ2v) is 7.29. The average Bonchev–Trinajstić information content (AvgIpc) is 2.18. The highest BCUT2D eigenvalue weighted by Gasteiger charge is 2.68. The molecule has 0 aromatic rings. The van der Waals surface area contributed by atoms with E-state index in [-0.39, 0.29) is 11.5 Å². The van der Waals surface area contributed by atoms with Gasteiger partial charge in [0, 0.05) is 3.42 Å². The Morgan fingerprint density at radius 2 is 1.83 bits per heavy atom. The lowest BCUT2D eigenvalue weighted by atomic mass is 9.70. The molecule has 70 valence electrons. The summed E-state index contributed by atoms with van der Waals surface area (Å²) in [4.78, 5) is 0. The van der Waals surface area contributed by atoms with E-state index in [9.17, 15) is 5.11 Å². The van der Waals surface area contributed by atoms with Crippen molar-refractivity contribution in [1.29, 1.82) is 0 Å². The summed E-state index contributed by atoms with van der Waals surface area (Å²) in [5.41, 5.74) is 0.480. The molecule has 2 bridgehead atoms. The van der Waals surface area contributed by atoms with Gasteiger partial charge in [0.15, 0.2) is 0 Å². The average molecular weight is 280 g/mol.